The molecule has 0 aliphatic heterocycles. The van der Waals surface area contributed by atoms with E-state index in [0.29, 0.717) is 24.8 Å². The Hall–Kier alpha value is -1.69. The molecule has 0 unspecified atom stereocenters. The number of rotatable bonds is 6. The van der Waals surface area contributed by atoms with E-state index >= 15 is 0 Å². The van der Waals surface area contributed by atoms with Crippen LogP contribution in [-0.4, -0.2) is 31.9 Å². The van der Waals surface area contributed by atoms with Gasteiger partial charge in [-0.25, -0.2) is 0 Å². The molecule has 23 heavy (non-hydrogen) atoms. The van der Waals surface area contributed by atoms with Crippen LogP contribution in [0.25, 0.3) is 0 Å². The summed E-state index contributed by atoms with van der Waals surface area (Å²) in [6, 6.07) is 5.61. The molecule has 124 valence electrons. The lowest BCUT2D eigenvalue weighted by atomic mass is 9.75. The second kappa shape index (κ2) is 7.25. The zero-order valence-electron chi connectivity index (χ0n) is 13.2. The molecule has 0 amide bonds. The van der Waals surface area contributed by atoms with Crippen molar-refractivity contribution in [1.82, 2.24) is 0 Å². The number of Topliss-reactive ketones (excluding diaryl/α,β-unsaturated/α-hetero) is 1. The fourth-order valence-electron chi connectivity index (χ4n) is 3.06. The van der Waals surface area contributed by atoms with Crippen LogP contribution in [0.5, 0.6) is 0 Å². The molecule has 0 saturated carbocycles. The van der Waals surface area contributed by atoms with Crippen LogP contribution in [0, 0.1) is 5.41 Å². The maximum atomic E-state index is 12.9. The number of halogens is 1. The number of hydrogen-bond acceptors (Lipinski definition) is 5. The molecule has 0 radical (unpaired) electrons. The van der Waals surface area contributed by atoms with Gasteiger partial charge < -0.3 is 9.47 Å². The third-order valence-electron chi connectivity index (χ3n) is 4.40. The van der Waals surface area contributed by atoms with Crippen LogP contribution >= 0.6 is 15.9 Å². The van der Waals surface area contributed by atoms with Gasteiger partial charge in [-0.2, -0.15) is 0 Å². The largest absolute Gasteiger partial charge is 0.469 e. The van der Waals surface area contributed by atoms with Gasteiger partial charge >= 0.3 is 11.9 Å². The van der Waals surface area contributed by atoms with Gasteiger partial charge in [0, 0.05) is 28.3 Å². The van der Waals surface area contributed by atoms with E-state index in [9.17, 15) is 14.4 Å². The number of ketones is 1. The third kappa shape index (κ3) is 3.80. The van der Waals surface area contributed by atoms with E-state index in [1.807, 2.05) is 12.1 Å². The van der Waals surface area contributed by atoms with Gasteiger partial charge in [0.25, 0.3) is 0 Å². The van der Waals surface area contributed by atoms with Crippen molar-refractivity contribution < 1.29 is 23.9 Å². The first kappa shape index (κ1) is 17.7. The number of fused-ring (bicyclic) bond motifs is 1. The Morgan fingerprint density at radius 1 is 1.13 bits per heavy atom. The van der Waals surface area contributed by atoms with Gasteiger partial charge in [0.15, 0.2) is 5.78 Å². The van der Waals surface area contributed by atoms with Crippen molar-refractivity contribution in [3.63, 3.8) is 0 Å². The van der Waals surface area contributed by atoms with Gasteiger partial charge in [0.1, 0.15) is 0 Å². The van der Waals surface area contributed by atoms with Crippen LogP contribution in [0.4, 0.5) is 0 Å². The van der Waals surface area contributed by atoms with Crippen molar-refractivity contribution in [2.45, 2.75) is 32.1 Å². The van der Waals surface area contributed by atoms with Crippen LogP contribution in [0.2, 0.25) is 0 Å². The monoisotopic (exact) mass is 382 g/mol. The second-order valence-electron chi connectivity index (χ2n) is 5.74. The van der Waals surface area contributed by atoms with E-state index in [1.165, 1.54) is 14.2 Å². The number of hydrogen-bond donors (Lipinski definition) is 0. The van der Waals surface area contributed by atoms with Crippen LogP contribution in [0.1, 0.15) is 41.6 Å². The van der Waals surface area contributed by atoms with E-state index in [1.54, 1.807) is 6.07 Å². The topological polar surface area (TPSA) is 69.7 Å². The normalized spacial score (nSPS) is 15.2. The van der Waals surface area contributed by atoms with Gasteiger partial charge in [-0.05, 0) is 37.0 Å². The number of carbonyl (C=O) groups excluding carboxylic acids is 3. The highest BCUT2D eigenvalue weighted by Gasteiger charge is 2.45. The zero-order chi connectivity index (χ0) is 17.0. The van der Waals surface area contributed by atoms with Crippen molar-refractivity contribution in [1.29, 1.82) is 0 Å². The van der Waals surface area contributed by atoms with E-state index in [2.05, 4.69) is 25.4 Å². The maximum absolute atomic E-state index is 12.9. The minimum absolute atomic E-state index is 0.0124. The van der Waals surface area contributed by atoms with Gasteiger partial charge in [0.2, 0.25) is 0 Å². The maximum Gasteiger partial charge on any atom is 0.305 e. The van der Waals surface area contributed by atoms with Crippen molar-refractivity contribution in [3.05, 3.63) is 33.8 Å². The van der Waals surface area contributed by atoms with Gasteiger partial charge in [-0.3, -0.25) is 14.4 Å². The zero-order valence-corrected chi connectivity index (χ0v) is 14.8. The fourth-order valence-corrected chi connectivity index (χ4v) is 3.42. The lowest BCUT2D eigenvalue weighted by Crippen LogP contribution is -2.30. The molecule has 0 aromatic heterocycles. The Labute approximate surface area is 143 Å². The fraction of sp³-hybridized carbons (Fsp3) is 0.471. The quantitative estimate of drug-likeness (QED) is 0.707. The molecular weight excluding hydrogens is 364 g/mol. The van der Waals surface area contributed by atoms with E-state index in [0.717, 1.165) is 10.0 Å². The van der Waals surface area contributed by atoms with Crippen LogP contribution in [0.15, 0.2) is 22.7 Å². The summed E-state index contributed by atoms with van der Waals surface area (Å²) in [5.41, 5.74) is 0.868. The SMILES string of the molecule is COC(=O)CCC1(CCC(=O)OC)Cc2ccc(Br)cc2C1=O. The number of ether oxygens (including phenoxy) is 2. The molecule has 1 aromatic rings. The minimum atomic E-state index is -0.745. The molecule has 1 aliphatic carbocycles. The van der Waals surface area contributed by atoms with E-state index < -0.39 is 5.41 Å². The molecule has 6 heteroatoms. The van der Waals surface area contributed by atoms with Crippen LogP contribution in [-0.2, 0) is 25.5 Å². The molecular formula is C17H19BrO5. The summed E-state index contributed by atoms with van der Waals surface area (Å²) in [5.74, 6) is -0.721. The van der Waals surface area contributed by atoms with Gasteiger partial charge in [0.05, 0.1) is 14.2 Å². The van der Waals surface area contributed by atoms with Crippen LogP contribution in [0.3, 0.4) is 0 Å². The Kier molecular flexibility index (Phi) is 5.57. The second-order valence-corrected chi connectivity index (χ2v) is 6.66. The Balaban J connectivity index is 2.26. The van der Waals surface area contributed by atoms with Crippen molar-refractivity contribution in [2.75, 3.05) is 14.2 Å². The summed E-state index contributed by atoms with van der Waals surface area (Å²) in [6.07, 6.45) is 1.56. The number of methoxy groups -OCH3 is 2. The summed E-state index contributed by atoms with van der Waals surface area (Å²) in [7, 11) is 2.65. The Morgan fingerprint density at radius 2 is 1.70 bits per heavy atom. The first-order valence-corrected chi connectivity index (χ1v) is 8.18. The molecule has 0 saturated heterocycles. The minimum Gasteiger partial charge on any atom is -0.469 e. The summed E-state index contributed by atoms with van der Waals surface area (Å²) in [5, 5.41) is 0. The van der Waals surface area contributed by atoms with Crippen molar-refractivity contribution in [3.8, 4) is 0 Å². The van der Waals surface area contributed by atoms with Crippen molar-refractivity contribution in [2.24, 2.45) is 5.41 Å². The molecule has 0 spiro atoms. The standard InChI is InChI=1S/C17H19BrO5/c1-22-14(19)5-7-17(8-6-15(20)23-2)10-11-3-4-12(18)9-13(11)16(17)21/h3-4,9H,5-8,10H2,1-2H3. The van der Waals surface area contributed by atoms with Gasteiger partial charge in [-0.15, -0.1) is 0 Å². The average Bonchev–Trinajstić information content (AvgIpc) is 2.83. The number of esters is 2. The highest BCUT2D eigenvalue weighted by molar-refractivity contribution is 9.10. The molecule has 0 bridgehead atoms. The Bertz CT molecular complexity index is 618. The third-order valence-corrected chi connectivity index (χ3v) is 4.89. The number of benzene rings is 1. The average molecular weight is 383 g/mol. The summed E-state index contributed by atoms with van der Waals surface area (Å²) >= 11 is 3.38. The predicted octanol–water partition coefficient (Wildman–Crippen LogP) is 3.08. The summed E-state index contributed by atoms with van der Waals surface area (Å²) in [6.45, 7) is 0. The lowest BCUT2D eigenvalue weighted by Gasteiger charge is -2.26. The Morgan fingerprint density at radius 3 is 2.22 bits per heavy atom. The molecule has 0 atom stereocenters. The van der Waals surface area contributed by atoms with E-state index in [4.69, 9.17) is 0 Å². The molecule has 5 nitrogen and oxygen atoms in total. The molecule has 0 fully saturated rings. The highest BCUT2D eigenvalue weighted by atomic mass is 79.9. The lowest BCUT2D eigenvalue weighted by molar-refractivity contribution is -0.141. The molecule has 1 aliphatic rings. The first-order valence-electron chi connectivity index (χ1n) is 7.39. The number of carbonyl (C=O) groups is 3. The van der Waals surface area contributed by atoms with E-state index in [-0.39, 0.29) is 30.6 Å². The predicted molar refractivity (Wildman–Crippen MR) is 87.1 cm³/mol. The van der Waals surface area contributed by atoms with Crippen molar-refractivity contribution >= 4 is 33.7 Å². The van der Waals surface area contributed by atoms with Crippen LogP contribution < -0.4 is 0 Å². The molecule has 2 rings (SSSR count). The molecule has 1 aromatic carbocycles. The smallest absolute Gasteiger partial charge is 0.305 e. The summed E-state index contributed by atoms with van der Waals surface area (Å²) < 4.78 is 10.2. The first-order chi connectivity index (χ1) is 10.9. The molecule has 0 N–H and O–H groups in total. The molecule has 0 heterocycles. The summed E-state index contributed by atoms with van der Waals surface area (Å²) in [4.78, 5) is 36.0. The highest BCUT2D eigenvalue weighted by Crippen LogP contribution is 2.44. The van der Waals surface area contributed by atoms with Gasteiger partial charge in [-0.1, -0.05) is 22.0 Å².